The monoisotopic (exact) mass is 415 g/mol. The van der Waals surface area contributed by atoms with E-state index >= 15 is 0 Å². The van der Waals surface area contributed by atoms with Crippen molar-refractivity contribution in [2.24, 2.45) is 4.99 Å². The highest BCUT2D eigenvalue weighted by molar-refractivity contribution is 7.90. The van der Waals surface area contributed by atoms with Crippen LogP contribution in [-0.4, -0.2) is 70.4 Å². The minimum Gasteiger partial charge on any atom is -0.354 e. The van der Waals surface area contributed by atoms with Gasteiger partial charge in [0.1, 0.15) is 11.9 Å². The van der Waals surface area contributed by atoms with Crippen LogP contribution in [0.2, 0.25) is 0 Å². The molecule has 3 N–H and O–H groups in total. The first-order valence-electron chi connectivity index (χ1n) is 8.88. The van der Waals surface area contributed by atoms with E-state index in [9.17, 15) is 13.2 Å². The fraction of sp³-hybridized carbons (Fsp3) is 0.529. The minimum atomic E-state index is -3.58. The van der Waals surface area contributed by atoms with Gasteiger partial charge in [0.2, 0.25) is 5.91 Å². The predicted octanol–water partition coefficient (Wildman–Crippen LogP) is -0.0531. The number of amides is 1. The number of hydrogen-bond acceptors (Lipinski definition) is 6. The Morgan fingerprint density at radius 2 is 2.00 bits per heavy atom. The van der Waals surface area contributed by atoms with E-state index in [1.165, 1.54) is 6.07 Å². The van der Waals surface area contributed by atoms with Gasteiger partial charge in [-0.25, -0.2) is 8.42 Å². The number of rotatable bonds is 6. The van der Waals surface area contributed by atoms with Crippen LogP contribution >= 0.6 is 12.4 Å². The number of nitrogens with one attached hydrogen (secondary N) is 3. The summed E-state index contributed by atoms with van der Waals surface area (Å²) >= 11 is 0. The minimum absolute atomic E-state index is 0. The molecule has 1 aromatic carbocycles. The van der Waals surface area contributed by atoms with Crippen molar-refractivity contribution in [3.05, 3.63) is 29.8 Å². The molecule has 2 heterocycles. The van der Waals surface area contributed by atoms with E-state index in [4.69, 9.17) is 0 Å². The summed E-state index contributed by atoms with van der Waals surface area (Å²) in [5.41, 5.74) is 0.505. The number of fused-ring (bicyclic) bond motifs is 1. The maximum Gasteiger partial charge on any atom is 0.263 e. The second-order valence-corrected chi connectivity index (χ2v) is 8.14. The number of halogens is 1. The molecule has 2 aliphatic rings. The molecule has 0 aliphatic carbocycles. The van der Waals surface area contributed by atoms with Crippen LogP contribution in [-0.2, 0) is 14.8 Å². The van der Waals surface area contributed by atoms with Crippen molar-refractivity contribution in [3.63, 3.8) is 0 Å². The van der Waals surface area contributed by atoms with Crippen LogP contribution in [0.1, 0.15) is 18.9 Å². The lowest BCUT2D eigenvalue weighted by Gasteiger charge is -2.27. The summed E-state index contributed by atoms with van der Waals surface area (Å²) in [5, 5.41) is 6.19. The van der Waals surface area contributed by atoms with Crippen LogP contribution in [0.4, 0.5) is 0 Å². The lowest BCUT2D eigenvalue weighted by Crippen LogP contribution is -2.44. The first-order valence-corrected chi connectivity index (χ1v) is 10.4. The number of amidine groups is 1. The molecular formula is C17H26ClN5O3S. The maximum atomic E-state index is 12.2. The predicted molar refractivity (Wildman–Crippen MR) is 107 cm³/mol. The third-order valence-electron chi connectivity index (χ3n) is 4.52. The topological polar surface area (TPSA) is 103 Å². The van der Waals surface area contributed by atoms with Gasteiger partial charge >= 0.3 is 0 Å². The average molecular weight is 416 g/mol. The lowest BCUT2D eigenvalue weighted by atomic mass is 10.2. The van der Waals surface area contributed by atoms with Gasteiger partial charge in [0, 0.05) is 38.3 Å². The van der Waals surface area contributed by atoms with Crippen LogP contribution in [0, 0.1) is 0 Å². The Bertz CT molecular complexity index is 794. The van der Waals surface area contributed by atoms with E-state index < -0.39 is 16.1 Å². The molecule has 150 valence electrons. The second-order valence-electron chi connectivity index (χ2n) is 6.49. The normalized spacial score (nSPS) is 21.0. The summed E-state index contributed by atoms with van der Waals surface area (Å²) in [5.74, 6) is 0.0189. The number of hydrogen-bond donors (Lipinski definition) is 3. The fourth-order valence-electron chi connectivity index (χ4n) is 3.08. The zero-order valence-corrected chi connectivity index (χ0v) is 16.9. The summed E-state index contributed by atoms with van der Waals surface area (Å²) in [4.78, 5) is 19.1. The third-order valence-corrected chi connectivity index (χ3v) is 5.92. The van der Waals surface area contributed by atoms with Crippen LogP contribution in [0.15, 0.2) is 34.2 Å². The molecule has 0 bridgehead atoms. The van der Waals surface area contributed by atoms with Crippen molar-refractivity contribution in [2.45, 2.75) is 24.3 Å². The van der Waals surface area contributed by atoms with Crippen LogP contribution in [0.25, 0.3) is 0 Å². The number of sulfonamides is 1. The number of aliphatic imine (C=N–C) groups is 1. The standard InChI is InChI=1S/C17H25N5O3S.ClH/c1-13(17(23)19-7-4-10-22-11-8-18-9-12-22)20-16-14-5-2-3-6-15(14)26(24,25)21-16;/h2-3,5-6,13,18H,4,7-12H2,1H3,(H,19,23)(H,20,21);1H. The number of benzene rings is 1. The van der Waals surface area contributed by atoms with Crippen LogP contribution in [0.5, 0.6) is 0 Å². The quantitative estimate of drug-likeness (QED) is 0.565. The van der Waals surface area contributed by atoms with Crippen molar-refractivity contribution in [2.75, 3.05) is 39.3 Å². The number of carbonyl (C=O) groups is 1. The molecule has 2 aliphatic heterocycles. The highest BCUT2D eigenvalue weighted by Gasteiger charge is 2.31. The van der Waals surface area contributed by atoms with Crippen LogP contribution in [0.3, 0.4) is 0 Å². The largest absolute Gasteiger partial charge is 0.354 e. The molecule has 0 radical (unpaired) electrons. The zero-order chi connectivity index (χ0) is 18.6. The van der Waals surface area contributed by atoms with E-state index in [2.05, 4.69) is 25.2 Å². The van der Waals surface area contributed by atoms with E-state index in [1.807, 2.05) is 0 Å². The van der Waals surface area contributed by atoms with Crippen molar-refractivity contribution < 1.29 is 13.2 Å². The van der Waals surface area contributed by atoms with Gasteiger partial charge in [0.05, 0.1) is 4.90 Å². The Balaban J connectivity index is 0.00000261. The second kappa shape index (κ2) is 9.50. The number of piperazine rings is 1. The molecule has 0 saturated carbocycles. The van der Waals surface area contributed by atoms with Gasteiger partial charge < -0.3 is 15.5 Å². The molecule has 27 heavy (non-hydrogen) atoms. The highest BCUT2D eigenvalue weighted by atomic mass is 35.5. The van der Waals surface area contributed by atoms with Crippen molar-refractivity contribution in [1.29, 1.82) is 0 Å². The molecule has 1 unspecified atom stereocenters. The molecule has 8 nitrogen and oxygen atoms in total. The fourth-order valence-corrected chi connectivity index (χ4v) is 4.32. The molecule has 3 rings (SSSR count). The molecule has 1 amide bonds. The SMILES string of the molecule is CC(N=C1NS(=O)(=O)c2ccccc21)C(=O)NCCCN1CCNCC1.Cl. The van der Waals surface area contributed by atoms with Crippen molar-refractivity contribution in [1.82, 2.24) is 20.3 Å². The molecule has 1 fully saturated rings. The zero-order valence-electron chi connectivity index (χ0n) is 15.3. The molecule has 0 spiro atoms. The van der Waals surface area contributed by atoms with Gasteiger partial charge in [0.25, 0.3) is 10.0 Å². The maximum absolute atomic E-state index is 12.2. The highest BCUT2D eigenvalue weighted by Crippen LogP contribution is 2.22. The molecule has 0 aromatic heterocycles. The Kier molecular flexibility index (Phi) is 7.60. The third kappa shape index (κ3) is 5.41. The van der Waals surface area contributed by atoms with Gasteiger partial charge in [0.15, 0.2) is 0 Å². The van der Waals surface area contributed by atoms with Gasteiger partial charge in [-0.3, -0.25) is 14.5 Å². The first kappa shape index (κ1) is 21.6. The Hall–Kier alpha value is -1.68. The summed E-state index contributed by atoms with van der Waals surface area (Å²) in [6.07, 6.45) is 0.879. The smallest absolute Gasteiger partial charge is 0.263 e. The van der Waals surface area contributed by atoms with Crippen LogP contribution < -0.4 is 15.4 Å². The van der Waals surface area contributed by atoms with Crippen molar-refractivity contribution in [3.8, 4) is 0 Å². The number of nitrogens with zero attached hydrogens (tertiary/aromatic N) is 2. The van der Waals surface area contributed by atoms with Crippen molar-refractivity contribution >= 4 is 34.2 Å². The van der Waals surface area contributed by atoms with E-state index in [-0.39, 0.29) is 29.0 Å². The van der Waals surface area contributed by atoms with Gasteiger partial charge in [-0.2, -0.15) is 0 Å². The van der Waals surface area contributed by atoms with E-state index in [1.54, 1.807) is 25.1 Å². The number of carbonyl (C=O) groups excluding carboxylic acids is 1. The summed E-state index contributed by atoms with van der Waals surface area (Å²) < 4.78 is 26.6. The molecular weight excluding hydrogens is 390 g/mol. The summed E-state index contributed by atoms with van der Waals surface area (Å²) in [6.45, 7) is 7.30. The van der Waals surface area contributed by atoms with Gasteiger partial charge in [-0.1, -0.05) is 12.1 Å². The van der Waals surface area contributed by atoms with Gasteiger partial charge in [-0.15, -0.1) is 12.4 Å². The average Bonchev–Trinajstić information content (AvgIpc) is 2.90. The first-order chi connectivity index (χ1) is 12.5. The molecule has 1 aromatic rings. The molecule has 1 atom stereocenters. The Morgan fingerprint density at radius 3 is 2.74 bits per heavy atom. The summed E-state index contributed by atoms with van der Waals surface area (Å²) in [7, 11) is -3.58. The van der Waals surface area contributed by atoms with E-state index in [0.29, 0.717) is 12.1 Å². The van der Waals surface area contributed by atoms with E-state index in [0.717, 1.165) is 39.1 Å². The molecule has 1 saturated heterocycles. The Labute approximate surface area is 166 Å². The lowest BCUT2D eigenvalue weighted by molar-refractivity contribution is -0.121. The molecule has 10 heteroatoms. The van der Waals surface area contributed by atoms with Gasteiger partial charge in [-0.05, 0) is 32.0 Å². The summed E-state index contributed by atoms with van der Waals surface area (Å²) in [6, 6.07) is 5.95. The Morgan fingerprint density at radius 1 is 1.30 bits per heavy atom.